The quantitative estimate of drug-likeness (QED) is 0.796. The van der Waals surface area contributed by atoms with Gasteiger partial charge in [0.1, 0.15) is 5.82 Å². The maximum Gasteiger partial charge on any atom is 0.350 e. The molecule has 0 saturated carbocycles. The molecule has 0 bridgehead atoms. The number of likely N-dealkylation sites (tertiary alicyclic amines) is 1. The lowest BCUT2D eigenvalue weighted by atomic mass is 9.97. The van der Waals surface area contributed by atoms with E-state index in [1.807, 2.05) is 34.9 Å². The van der Waals surface area contributed by atoms with Gasteiger partial charge in [-0.3, -0.25) is 0 Å². The molecule has 1 N–H and O–H groups in total. The first-order valence-corrected chi connectivity index (χ1v) is 9.90. The molecule has 2 aliphatic rings. The summed E-state index contributed by atoms with van der Waals surface area (Å²) in [5.74, 6) is 1.28. The van der Waals surface area contributed by atoms with Gasteiger partial charge in [-0.05, 0) is 70.9 Å². The lowest BCUT2D eigenvalue weighted by Crippen LogP contribution is -2.30. The second kappa shape index (κ2) is 10.4. The SMILES string of the molecule is CN1CCCC1CCn1nc(C2CCNCC2)n(-c2ccccc2)c1=O.Cl.Cl. The molecular weight excluding hydrogens is 397 g/mol. The smallest absolute Gasteiger partial charge is 0.317 e. The molecule has 2 fully saturated rings. The summed E-state index contributed by atoms with van der Waals surface area (Å²) >= 11 is 0. The van der Waals surface area contributed by atoms with E-state index in [9.17, 15) is 4.79 Å². The molecule has 2 aliphatic heterocycles. The normalized spacial score (nSPS) is 20.5. The summed E-state index contributed by atoms with van der Waals surface area (Å²) in [5.41, 5.74) is 0.931. The van der Waals surface area contributed by atoms with E-state index in [-0.39, 0.29) is 30.5 Å². The maximum absolute atomic E-state index is 13.2. The molecule has 0 aliphatic carbocycles. The summed E-state index contributed by atoms with van der Waals surface area (Å²) < 4.78 is 3.55. The molecule has 0 amide bonds. The standard InChI is InChI=1S/C20H29N5O.2ClH/c1-23-14-5-8-17(23)11-15-24-20(26)25(18-6-3-2-4-7-18)19(22-24)16-9-12-21-13-10-16;;/h2-4,6-7,16-17,21H,5,8-15H2,1H3;2*1H. The van der Waals surface area contributed by atoms with Crippen LogP contribution in [0.3, 0.4) is 0 Å². The van der Waals surface area contributed by atoms with E-state index in [1.165, 1.54) is 19.4 Å². The molecular formula is C20H31Cl2N5O. The second-order valence-electron chi connectivity index (χ2n) is 7.62. The summed E-state index contributed by atoms with van der Waals surface area (Å²) in [6.07, 6.45) is 5.55. The van der Waals surface area contributed by atoms with Gasteiger partial charge in [0.2, 0.25) is 0 Å². The fraction of sp³-hybridized carbons (Fsp3) is 0.600. The second-order valence-corrected chi connectivity index (χ2v) is 7.62. The molecule has 0 radical (unpaired) electrons. The van der Waals surface area contributed by atoms with E-state index in [0.717, 1.165) is 43.9 Å². The average Bonchev–Trinajstić information content (AvgIpc) is 3.24. The van der Waals surface area contributed by atoms with Crippen molar-refractivity contribution in [3.8, 4) is 5.69 Å². The van der Waals surface area contributed by atoms with Crippen molar-refractivity contribution in [3.05, 3.63) is 46.6 Å². The first-order valence-electron chi connectivity index (χ1n) is 9.90. The lowest BCUT2D eigenvalue weighted by Gasteiger charge is -2.22. The third-order valence-electron chi connectivity index (χ3n) is 5.93. The van der Waals surface area contributed by atoms with Crippen LogP contribution in [-0.4, -0.2) is 52.0 Å². The highest BCUT2D eigenvalue weighted by Crippen LogP contribution is 2.25. The Morgan fingerprint density at radius 1 is 1.11 bits per heavy atom. The van der Waals surface area contributed by atoms with E-state index < -0.39 is 0 Å². The third-order valence-corrected chi connectivity index (χ3v) is 5.93. The van der Waals surface area contributed by atoms with Crippen molar-refractivity contribution in [1.82, 2.24) is 24.6 Å². The van der Waals surface area contributed by atoms with Crippen LogP contribution in [-0.2, 0) is 6.54 Å². The minimum Gasteiger partial charge on any atom is -0.317 e. The Kier molecular flexibility index (Phi) is 8.56. The van der Waals surface area contributed by atoms with Crippen molar-refractivity contribution >= 4 is 24.8 Å². The van der Waals surface area contributed by atoms with Crippen molar-refractivity contribution in [2.24, 2.45) is 0 Å². The highest BCUT2D eigenvalue weighted by molar-refractivity contribution is 5.85. The zero-order valence-electron chi connectivity index (χ0n) is 16.4. The van der Waals surface area contributed by atoms with Crippen molar-refractivity contribution in [1.29, 1.82) is 0 Å². The van der Waals surface area contributed by atoms with Crippen molar-refractivity contribution < 1.29 is 0 Å². The molecule has 2 aromatic rings. The highest BCUT2D eigenvalue weighted by Gasteiger charge is 2.26. The molecule has 28 heavy (non-hydrogen) atoms. The highest BCUT2D eigenvalue weighted by atomic mass is 35.5. The topological polar surface area (TPSA) is 55.1 Å². The largest absolute Gasteiger partial charge is 0.350 e. The Balaban J connectivity index is 0.00000140. The summed E-state index contributed by atoms with van der Waals surface area (Å²) in [5, 5.41) is 8.22. The van der Waals surface area contributed by atoms with Gasteiger partial charge in [0.05, 0.1) is 5.69 Å². The van der Waals surface area contributed by atoms with Gasteiger partial charge >= 0.3 is 5.69 Å². The summed E-state index contributed by atoms with van der Waals surface area (Å²) in [4.78, 5) is 15.6. The number of halogens is 2. The van der Waals surface area contributed by atoms with E-state index in [2.05, 4.69) is 17.3 Å². The van der Waals surface area contributed by atoms with Gasteiger partial charge in [0, 0.05) is 18.5 Å². The molecule has 0 spiro atoms. The fourth-order valence-corrected chi connectivity index (χ4v) is 4.35. The molecule has 1 aromatic heterocycles. The molecule has 1 aromatic carbocycles. The Labute approximate surface area is 179 Å². The van der Waals surface area contributed by atoms with Crippen LogP contribution in [0.25, 0.3) is 5.69 Å². The Morgan fingerprint density at radius 2 is 1.82 bits per heavy atom. The van der Waals surface area contributed by atoms with E-state index in [1.54, 1.807) is 4.68 Å². The zero-order valence-corrected chi connectivity index (χ0v) is 18.1. The first kappa shape index (κ1) is 22.9. The van der Waals surface area contributed by atoms with Crippen LogP contribution in [0, 0.1) is 0 Å². The van der Waals surface area contributed by atoms with E-state index in [0.29, 0.717) is 18.5 Å². The van der Waals surface area contributed by atoms with Crippen LogP contribution in [0.15, 0.2) is 35.1 Å². The lowest BCUT2D eigenvalue weighted by molar-refractivity contribution is 0.281. The fourth-order valence-electron chi connectivity index (χ4n) is 4.35. The minimum absolute atomic E-state index is 0. The number of hydrogen-bond donors (Lipinski definition) is 1. The van der Waals surface area contributed by atoms with Crippen molar-refractivity contribution in [3.63, 3.8) is 0 Å². The number of nitrogens with zero attached hydrogens (tertiary/aromatic N) is 4. The van der Waals surface area contributed by atoms with Crippen LogP contribution in [0.1, 0.15) is 43.8 Å². The third kappa shape index (κ3) is 4.79. The van der Waals surface area contributed by atoms with Gasteiger partial charge < -0.3 is 10.2 Å². The van der Waals surface area contributed by atoms with E-state index in [4.69, 9.17) is 5.10 Å². The van der Waals surface area contributed by atoms with E-state index >= 15 is 0 Å². The van der Waals surface area contributed by atoms with Gasteiger partial charge in [-0.2, -0.15) is 5.10 Å². The molecule has 2 saturated heterocycles. The van der Waals surface area contributed by atoms with Gasteiger partial charge in [0.15, 0.2) is 0 Å². The van der Waals surface area contributed by atoms with Crippen molar-refractivity contribution in [2.45, 2.75) is 50.6 Å². The predicted molar refractivity (Wildman–Crippen MR) is 117 cm³/mol. The Morgan fingerprint density at radius 3 is 2.46 bits per heavy atom. The number of hydrogen-bond acceptors (Lipinski definition) is 4. The van der Waals surface area contributed by atoms with Crippen LogP contribution < -0.4 is 11.0 Å². The molecule has 6 nitrogen and oxygen atoms in total. The van der Waals surface area contributed by atoms with Crippen LogP contribution in [0.5, 0.6) is 0 Å². The van der Waals surface area contributed by atoms with Gasteiger partial charge in [-0.1, -0.05) is 18.2 Å². The number of nitrogens with one attached hydrogen (secondary N) is 1. The first-order chi connectivity index (χ1) is 12.7. The number of piperidine rings is 1. The number of aromatic nitrogens is 3. The Hall–Kier alpha value is -1.34. The van der Waals surface area contributed by atoms with Gasteiger partial charge in [-0.15, -0.1) is 24.8 Å². The average molecular weight is 428 g/mol. The van der Waals surface area contributed by atoms with Crippen LogP contribution in [0.4, 0.5) is 0 Å². The molecule has 1 unspecified atom stereocenters. The van der Waals surface area contributed by atoms with Gasteiger partial charge in [-0.25, -0.2) is 14.0 Å². The van der Waals surface area contributed by atoms with Gasteiger partial charge in [0.25, 0.3) is 0 Å². The molecule has 1 atom stereocenters. The monoisotopic (exact) mass is 427 g/mol. The number of aryl methyl sites for hydroxylation is 1. The minimum atomic E-state index is 0. The summed E-state index contributed by atoms with van der Waals surface area (Å²) in [6.45, 7) is 3.85. The Bertz CT molecular complexity index is 786. The molecule has 3 heterocycles. The number of benzene rings is 1. The maximum atomic E-state index is 13.2. The predicted octanol–water partition coefficient (Wildman–Crippen LogP) is 2.83. The number of rotatable bonds is 5. The van der Waals surface area contributed by atoms with Crippen LogP contribution >= 0.6 is 24.8 Å². The van der Waals surface area contributed by atoms with Crippen molar-refractivity contribution in [2.75, 3.05) is 26.7 Å². The molecule has 4 rings (SSSR count). The number of para-hydroxylation sites is 1. The molecule has 156 valence electrons. The summed E-state index contributed by atoms with van der Waals surface area (Å²) in [7, 11) is 2.18. The van der Waals surface area contributed by atoms with Crippen LogP contribution in [0.2, 0.25) is 0 Å². The zero-order chi connectivity index (χ0) is 17.9. The summed E-state index contributed by atoms with van der Waals surface area (Å²) in [6, 6.07) is 10.5. The molecule has 8 heteroatoms.